The van der Waals surface area contributed by atoms with Crippen LogP contribution in [-0.2, 0) is 16.0 Å². The van der Waals surface area contributed by atoms with Crippen LogP contribution in [-0.4, -0.2) is 38.8 Å². The van der Waals surface area contributed by atoms with Gasteiger partial charge in [-0.3, -0.25) is 4.79 Å². The molecule has 2 rings (SSSR count). The molecule has 1 saturated carbocycles. The molecule has 3 N–H and O–H groups in total. The lowest BCUT2D eigenvalue weighted by Gasteiger charge is -2.28. The smallest absolute Gasteiger partial charge is 0.250 e. The van der Waals surface area contributed by atoms with Crippen molar-refractivity contribution in [1.29, 1.82) is 0 Å². The Balaban J connectivity index is 1.78. The van der Waals surface area contributed by atoms with Gasteiger partial charge in [0.05, 0.1) is 7.11 Å². The van der Waals surface area contributed by atoms with E-state index in [1.807, 2.05) is 24.3 Å². The minimum atomic E-state index is -0.577. The zero-order valence-electron chi connectivity index (χ0n) is 15.5. The number of carbonyl (C=O) groups excluding carboxylic acids is 1. The van der Waals surface area contributed by atoms with Gasteiger partial charge in [-0.2, -0.15) is 0 Å². The maximum Gasteiger partial charge on any atom is 0.250 e. The van der Waals surface area contributed by atoms with Crippen molar-refractivity contribution in [3.63, 3.8) is 0 Å². The second kappa shape index (κ2) is 10.4. The van der Waals surface area contributed by atoms with E-state index in [-0.39, 0.29) is 11.9 Å². The molecule has 0 bridgehead atoms. The number of nitrogens with one attached hydrogen (secondary N) is 1. The molecule has 0 heterocycles. The van der Waals surface area contributed by atoms with Crippen molar-refractivity contribution in [2.75, 3.05) is 20.8 Å². The molecule has 5 heteroatoms. The first kappa shape index (κ1) is 19.7. The molecule has 0 spiro atoms. The van der Waals surface area contributed by atoms with Crippen molar-refractivity contribution in [3.05, 3.63) is 29.8 Å². The van der Waals surface area contributed by atoms with Gasteiger partial charge in [0, 0.05) is 19.7 Å². The Bertz CT molecular complexity index is 529. The van der Waals surface area contributed by atoms with E-state index in [9.17, 15) is 4.79 Å². The number of rotatable bonds is 9. The van der Waals surface area contributed by atoms with E-state index in [2.05, 4.69) is 5.32 Å². The monoisotopic (exact) mass is 348 g/mol. The first-order valence-electron chi connectivity index (χ1n) is 9.33. The van der Waals surface area contributed by atoms with E-state index in [1.54, 1.807) is 14.2 Å². The number of carbonyl (C=O) groups is 1. The third-order valence-electron chi connectivity index (χ3n) is 5.08. The quantitative estimate of drug-likeness (QED) is 0.719. The van der Waals surface area contributed by atoms with Gasteiger partial charge in [0.25, 0.3) is 5.91 Å². The maximum atomic E-state index is 12.4. The number of nitrogens with two attached hydrogens (primary N) is 1. The van der Waals surface area contributed by atoms with Gasteiger partial charge in [0.15, 0.2) is 6.10 Å². The summed E-state index contributed by atoms with van der Waals surface area (Å²) in [6, 6.07) is 7.62. The van der Waals surface area contributed by atoms with Crippen LogP contribution in [0.15, 0.2) is 24.3 Å². The predicted octanol–water partition coefficient (Wildman–Crippen LogP) is 2.67. The SMILES string of the molecule is COc1cccc(CCNC(=O)C(OC)[C@H](N)CC2CCCCC2)c1. The van der Waals surface area contributed by atoms with Gasteiger partial charge in [-0.05, 0) is 36.5 Å². The highest BCUT2D eigenvalue weighted by molar-refractivity contribution is 5.81. The Morgan fingerprint density at radius 1 is 1.28 bits per heavy atom. The number of hydrogen-bond donors (Lipinski definition) is 2. The molecule has 1 aliphatic carbocycles. The highest BCUT2D eigenvalue weighted by Crippen LogP contribution is 2.27. The Kier molecular flexibility index (Phi) is 8.22. The van der Waals surface area contributed by atoms with E-state index in [0.29, 0.717) is 12.5 Å². The summed E-state index contributed by atoms with van der Waals surface area (Å²) in [7, 11) is 3.21. The average Bonchev–Trinajstić information content (AvgIpc) is 2.63. The van der Waals surface area contributed by atoms with Crippen molar-refractivity contribution in [1.82, 2.24) is 5.32 Å². The largest absolute Gasteiger partial charge is 0.497 e. The summed E-state index contributed by atoms with van der Waals surface area (Å²) in [5, 5.41) is 2.95. The lowest BCUT2D eigenvalue weighted by molar-refractivity contribution is -0.132. The molecule has 0 radical (unpaired) electrons. The first-order chi connectivity index (χ1) is 12.1. The summed E-state index contributed by atoms with van der Waals surface area (Å²) < 4.78 is 10.6. The molecule has 1 amide bonds. The molecule has 1 aliphatic rings. The molecule has 140 valence electrons. The number of benzene rings is 1. The van der Waals surface area contributed by atoms with Crippen LogP contribution in [0.3, 0.4) is 0 Å². The Morgan fingerprint density at radius 3 is 2.72 bits per heavy atom. The number of amides is 1. The fraction of sp³-hybridized carbons (Fsp3) is 0.650. The Hall–Kier alpha value is -1.59. The Morgan fingerprint density at radius 2 is 2.04 bits per heavy atom. The average molecular weight is 348 g/mol. The van der Waals surface area contributed by atoms with Gasteiger partial charge >= 0.3 is 0 Å². The zero-order chi connectivity index (χ0) is 18.1. The van der Waals surface area contributed by atoms with Crippen molar-refractivity contribution in [3.8, 4) is 5.75 Å². The molecule has 1 fully saturated rings. The molecular weight excluding hydrogens is 316 g/mol. The van der Waals surface area contributed by atoms with Gasteiger partial charge in [-0.25, -0.2) is 0 Å². The lowest BCUT2D eigenvalue weighted by atomic mass is 9.84. The minimum absolute atomic E-state index is 0.117. The number of ether oxygens (including phenoxy) is 2. The van der Waals surface area contributed by atoms with Gasteiger partial charge in [-0.1, -0.05) is 44.2 Å². The minimum Gasteiger partial charge on any atom is -0.497 e. The van der Waals surface area contributed by atoms with Crippen LogP contribution in [0, 0.1) is 5.92 Å². The van der Waals surface area contributed by atoms with Gasteiger partial charge < -0.3 is 20.5 Å². The summed E-state index contributed by atoms with van der Waals surface area (Å²) in [5.41, 5.74) is 7.40. The van der Waals surface area contributed by atoms with E-state index >= 15 is 0 Å². The molecule has 0 aromatic heterocycles. The standard InChI is InChI=1S/C20H32N2O3/c1-24-17-10-6-9-16(13-17)11-12-22-20(23)19(25-2)18(21)14-15-7-4-3-5-8-15/h6,9-10,13,15,18-19H,3-5,7-8,11-12,14,21H2,1-2H3,(H,22,23)/t18-,19?/m1/s1. The van der Waals surface area contributed by atoms with Crippen molar-refractivity contribution < 1.29 is 14.3 Å². The van der Waals surface area contributed by atoms with Crippen LogP contribution >= 0.6 is 0 Å². The normalized spacial score (nSPS) is 17.7. The molecular formula is C20H32N2O3. The lowest BCUT2D eigenvalue weighted by Crippen LogP contribution is -2.48. The van der Waals surface area contributed by atoms with Crippen LogP contribution in [0.1, 0.15) is 44.1 Å². The Labute approximate surface area is 151 Å². The molecule has 2 atom stereocenters. The predicted molar refractivity (Wildman–Crippen MR) is 99.7 cm³/mol. The highest BCUT2D eigenvalue weighted by atomic mass is 16.5. The number of methoxy groups -OCH3 is 2. The van der Waals surface area contributed by atoms with Crippen molar-refractivity contribution in [2.45, 2.75) is 57.1 Å². The van der Waals surface area contributed by atoms with E-state index in [1.165, 1.54) is 32.1 Å². The van der Waals surface area contributed by atoms with Crippen LogP contribution in [0.2, 0.25) is 0 Å². The van der Waals surface area contributed by atoms with E-state index in [0.717, 1.165) is 24.2 Å². The summed E-state index contributed by atoms with van der Waals surface area (Å²) in [6.07, 6.45) is 7.36. The fourth-order valence-electron chi connectivity index (χ4n) is 3.67. The summed E-state index contributed by atoms with van der Waals surface area (Å²) >= 11 is 0. The summed E-state index contributed by atoms with van der Waals surface area (Å²) in [4.78, 5) is 12.4. The highest BCUT2D eigenvalue weighted by Gasteiger charge is 2.28. The molecule has 5 nitrogen and oxygen atoms in total. The molecule has 0 aliphatic heterocycles. The fourth-order valence-corrected chi connectivity index (χ4v) is 3.67. The maximum absolute atomic E-state index is 12.4. The summed E-state index contributed by atoms with van der Waals surface area (Å²) in [5.74, 6) is 1.34. The van der Waals surface area contributed by atoms with Crippen LogP contribution in [0.5, 0.6) is 5.75 Å². The van der Waals surface area contributed by atoms with Crippen LogP contribution in [0.4, 0.5) is 0 Å². The number of hydrogen-bond acceptors (Lipinski definition) is 4. The second-order valence-corrected chi connectivity index (χ2v) is 6.95. The second-order valence-electron chi connectivity index (χ2n) is 6.95. The van der Waals surface area contributed by atoms with E-state index in [4.69, 9.17) is 15.2 Å². The first-order valence-corrected chi connectivity index (χ1v) is 9.33. The molecule has 1 unspecified atom stereocenters. The van der Waals surface area contributed by atoms with Gasteiger partial charge in [-0.15, -0.1) is 0 Å². The molecule has 1 aromatic carbocycles. The zero-order valence-corrected chi connectivity index (χ0v) is 15.5. The summed E-state index contributed by atoms with van der Waals surface area (Å²) in [6.45, 7) is 0.558. The van der Waals surface area contributed by atoms with Gasteiger partial charge in [0.1, 0.15) is 5.75 Å². The van der Waals surface area contributed by atoms with Crippen molar-refractivity contribution >= 4 is 5.91 Å². The van der Waals surface area contributed by atoms with Crippen molar-refractivity contribution in [2.24, 2.45) is 11.7 Å². The molecule has 25 heavy (non-hydrogen) atoms. The van der Waals surface area contributed by atoms with Gasteiger partial charge in [0.2, 0.25) is 0 Å². The third kappa shape index (κ3) is 6.33. The molecule has 1 aromatic rings. The van der Waals surface area contributed by atoms with Crippen LogP contribution < -0.4 is 15.8 Å². The van der Waals surface area contributed by atoms with Crippen LogP contribution in [0.25, 0.3) is 0 Å². The third-order valence-corrected chi connectivity index (χ3v) is 5.08. The van der Waals surface area contributed by atoms with E-state index < -0.39 is 6.10 Å². The molecule has 0 saturated heterocycles. The topological polar surface area (TPSA) is 73.6 Å².